The molecule has 2 aromatic rings. The van der Waals surface area contributed by atoms with Gasteiger partial charge in [0.1, 0.15) is 11.5 Å². The molecule has 3 aliphatic rings. The summed E-state index contributed by atoms with van der Waals surface area (Å²) in [5.41, 5.74) is 2.32. The van der Waals surface area contributed by atoms with Crippen LogP contribution in [0.4, 0.5) is 5.69 Å². The molecule has 4 atom stereocenters. The number of hydrogen-bond acceptors (Lipinski definition) is 3. The van der Waals surface area contributed by atoms with Gasteiger partial charge in [-0.15, -0.1) is 0 Å². The average Bonchev–Trinajstić information content (AvgIpc) is 3.34. The largest absolute Gasteiger partial charge is 0.457 e. The molecule has 2 fully saturated rings. The highest BCUT2D eigenvalue weighted by molar-refractivity contribution is 6.24. The maximum atomic E-state index is 13.3. The van der Waals surface area contributed by atoms with Crippen molar-refractivity contribution in [2.75, 3.05) is 4.90 Å². The molecule has 2 amide bonds. The summed E-state index contributed by atoms with van der Waals surface area (Å²) in [5, 5.41) is 0. The molecule has 0 N–H and O–H groups in total. The summed E-state index contributed by atoms with van der Waals surface area (Å²) < 4.78 is 6.16. The summed E-state index contributed by atoms with van der Waals surface area (Å²) >= 11 is 0. The van der Waals surface area contributed by atoms with Crippen LogP contribution in [0, 0.1) is 30.1 Å². The summed E-state index contributed by atoms with van der Waals surface area (Å²) in [6, 6.07) is 13.5. The van der Waals surface area contributed by atoms with Crippen LogP contribution in [0.5, 0.6) is 11.5 Å². The topological polar surface area (TPSA) is 46.6 Å². The first kappa shape index (κ1) is 19.1. The van der Waals surface area contributed by atoms with Crippen LogP contribution < -0.4 is 9.64 Å². The molecule has 0 unspecified atom stereocenters. The Morgan fingerprint density at radius 3 is 2.47 bits per heavy atom. The third kappa shape index (κ3) is 2.59. The van der Waals surface area contributed by atoms with Crippen LogP contribution in [0.25, 0.3) is 0 Å². The van der Waals surface area contributed by atoms with Crippen LogP contribution in [0.3, 0.4) is 0 Å². The standard InChI is InChI=1S/C26H27NO3/c1-15(2)21-12-5-16(3)13-22(21)30-20-10-8-19(9-11-20)27-24(28)23-17-6-7-18(14-17)26(23,4)25(27)29/h5-13,15,17-18,23H,14H2,1-4H3/t17-,18-,23-,26-/m1/s1. The molecule has 1 saturated heterocycles. The van der Waals surface area contributed by atoms with Crippen molar-refractivity contribution in [3.63, 3.8) is 0 Å². The molecule has 30 heavy (non-hydrogen) atoms. The summed E-state index contributed by atoms with van der Waals surface area (Å²) in [7, 11) is 0. The lowest BCUT2D eigenvalue weighted by molar-refractivity contribution is -0.127. The second-order valence-corrected chi connectivity index (χ2v) is 9.42. The van der Waals surface area contributed by atoms with E-state index < -0.39 is 5.41 Å². The van der Waals surface area contributed by atoms with Crippen LogP contribution in [-0.4, -0.2) is 11.8 Å². The normalized spacial score (nSPS) is 29.2. The van der Waals surface area contributed by atoms with Gasteiger partial charge in [-0.25, -0.2) is 4.90 Å². The molecule has 1 aliphatic heterocycles. The fraction of sp³-hybridized carbons (Fsp3) is 0.385. The lowest BCUT2D eigenvalue weighted by Gasteiger charge is -2.28. The smallest absolute Gasteiger partial charge is 0.241 e. The van der Waals surface area contributed by atoms with Gasteiger partial charge in [-0.3, -0.25) is 9.59 Å². The number of anilines is 1. The van der Waals surface area contributed by atoms with Crippen LogP contribution in [-0.2, 0) is 9.59 Å². The monoisotopic (exact) mass is 401 g/mol. The first-order chi connectivity index (χ1) is 14.3. The minimum absolute atomic E-state index is 0.0613. The molecular formula is C26H27NO3. The van der Waals surface area contributed by atoms with E-state index in [4.69, 9.17) is 4.74 Å². The highest BCUT2D eigenvalue weighted by atomic mass is 16.5. The van der Waals surface area contributed by atoms with E-state index in [0.717, 1.165) is 23.3 Å². The fourth-order valence-electron chi connectivity index (χ4n) is 5.55. The Hall–Kier alpha value is -2.88. The highest BCUT2D eigenvalue weighted by Crippen LogP contribution is 2.60. The number of ether oxygens (including phenoxy) is 1. The molecule has 2 bridgehead atoms. The Bertz CT molecular complexity index is 1070. The van der Waals surface area contributed by atoms with Crippen LogP contribution in [0.2, 0.25) is 0 Å². The van der Waals surface area contributed by atoms with Crippen molar-refractivity contribution in [3.05, 3.63) is 65.7 Å². The maximum Gasteiger partial charge on any atom is 0.241 e. The number of benzene rings is 2. The first-order valence-electron chi connectivity index (χ1n) is 10.8. The van der Waals surface area contributed by atoms with Gasteiger partial charge in [-0.2, -0.15) is 0 Å². The van der Waals surface area contributed by atoms with Crippen LogP contribution in [0.15, 0.2) is 54.6 Å². The highest BCUT2D eigenvalue weighted by Gasteiger charge is 2.67. The van der Waals surface area contributed by atoms with E-state index in [1.165, 1.54) is 4.90 Å². The van der Waals surface area contributed by atoms with Gasteiger partial charge in [-0.05, 0) is 79.5 Å². The average molecular weight is 402 g/mol. The summed E-state index contributed by atoms with van der Waals surface area (Å²) in [6.45, 7) is 8.30. The number of nitrogens with zero attached hydrogens (tertiary/aromatic N) is 1. The Balaban J connectivity index is 1.41. The number of carbonyl (C=O) groups is 2. The van der Waals surface area contributed by atoms with Crippen molar-refractivity contribution in [1.82, 2.24) is 0 Å². The first-order valence-corrected chi connectivity index (χ1v) is 10.8. The Labute approximate surface area is 177 Å². The third-order valence-electron chi connectivity index (χ3n) is 7.23. The van der Waals surface area contributed by atoms with Crippen LogP contribution >= 0.6 is 0 Å². The Morgan fingerprint density at radius 2 is 1.80 bits per heavy atom. The zero-order chi connectivity index (χ0) is 21.2. The minimum atomic E-state index is -0.598. The van der Waals surface area contributed by atoms with Gasteiger partial charge in [0, 0.05) is 0 Å². The number of aryl methyl sites for hydroxylation is 1. The second kappa shape index (κ2) is 6.56. The number of amides is 2. The predicted octanol–water partition coefficient (Wildman–Crippen LogP) is 5.61. The fourth-order valence-corrected chi connectivity index (χ4v) is 5.55. The van der Waals surface area contributed by atoms with Crippen molar-refractivity contribution in [3.8, 4) is 11.5 Å². The predicted molar refractivity (Wildman–Crippen MR) is 117 cm³/mol. The number of imide groups is 1. The van der Waals surface area contributed by atoms with Crippen molar-refractivity contribution < 1.29 is 14.3 Å². The molecule has 0 radical (unpaired) electrons. The van der Waals surface area contributed by atoms with Crippen molar-refractivity contribution in [2.45, 2.75) is 40.0 Å². The molecule has 2 aromatic carbocycles. The number of carbonyl (C=O) groups excluding carboxylic acids is 2. The zero-order valence-corrected chi connectivity index (χ0v) is 17.9. The minimum Gasteiger partial charge on any atom is -0.457 e. The van der Waals surface area contributed by atoms with Gasteiger partial charge < -0.3 is 4.74 Å². The molecule has 2 aliphatic carbocycles. The van der Waals surface area contributed by atoms with E-state index in [1.807, 2.05) is 44.2 Å². The van der Waals surface area contributed by atoms with Crippen molar-refractivity contribution >= 4 is 17.5 Å². The number of allylic oxidation sites excluding steroid dienone is 2. The van der Waals surface area contributed by atoms with E-state index in [-0.39, 0.29) is 29.6 Å². The van der Waals surface area contributed by atoms with E-state index in [9.17, 15) is 9.59 Å². The van der Waals surface area contributed by atoms with Gasteiger partial charge in [-0.1, -0.05) is 38.1 Å². The molecule has 1 heterocycles. The maximum absolute atomic E-state index is 13.3. The molecule has 0 spiro atoms. The van der Waals surface area contributed by atoms with Gasteiger partial charge in [0.25, 0.3) is 0 Å². The lowest BCUT2D eigenvalue weighted by atomic mass is 9.71. The van der Waals surface area contributed by atoms with Crippen LogP contribution in [0.1, 0.15) is 44.2 Å². The Morgan fingerprint density at radius 1 is 1.07 bits per heavy atom. The number of rotatable bonds is 4. The summed E-state index contributed by atoms with van der Waals surface area (Å²) in [5.74, 6) is 1.90. The van der Waals surface area contributed by atoms with E-state index in [2.05, 4.69) is 38.1 Å². The van der Waals surface area contributed by atoms with Gasteiger partial charge in [0.05, 0.1) is 17.0 Å². The van der Waals surface area contributed by atoms with Gasteiger partial charge >= 0.3 is 0 Å². The second-order valence-electron chi connectivity index (χ2n) is 9.42. The molecule has 154 valence electrons. The molecule has 5 rings (SSSR count). The quantitative estimate of drug-likeness (QED) is 0.494. The molecule has 4 nitrogen and oxygen atoms in total. The van der Waals surface area contributed by atoms with Crippen molar-refractivity contribution in [1.29, 1.82) is 0 Å². The van der Waals surface area contributed by atoms with Crippen molar-refractivity contribution in [2.24, 2.45) is 23.2 Å². The molecular weight excluding hydrogens is 374 g/mol. The molecule has 4 heteroatoms. The van der Waals surface area contributed by atoms with E-state index in [1.54, 1.807) is 0 Å². The third-order valence-corrected chi connectivity index (χ3v) is 7.23. The molecule has 1 saturated carbocycles. The van der Waals surface area contributed by atoms with E-state index >= 15 is 0 Å². The van der Waals surface area contributed by atoms with Gasteiger partial charge in [0.2, 0.25) is 11.8 Å². The number of hydrogen-bond donors (Lipinski definition) is 0. The summed E-state index contributed by atoms with van der Waals surface area (Å²) in [6.07, 6.45) is 5.17. The lowest BCUT2D eigenvalue weighted by Crippen LogP contribution is -2.37. The van der Waals surface area contributed by atoms with Gasteiger partial charge in [0.15, 0.2) is 0 Å². The zero-order valence-electron chi connectivity index (χ0n) is 17.9. The Kier molecular flexibility index (Phi) is 4.18. The van der Waals surface area contributed by atoms with E-state index in [0.29, 0.717) is 17.4 Å². The molecule has 0 aromatic heterocycles. The SMILES string of the molecule is Cc1ccc(C(C)C)c(Oc2ccc(N3C(=O)[C@H]4[C@@H]5C=C[C@H](C5)[C@@]4(C)C3=O)cc2)c1. The summed E-state index contributed by atoms with van der Waals surface area (Å²) in [4.78, 5) is 27.8. The number of fused-ring (bicyclic) bond motifs is 5.